The average Bonchev–Trinajstić information content (AvgIpc) is 3.57. The lowest BCUT2D eigenvalue weighted by atomic mass is 10.1. The predicted octanol–water partition coefficient (Wildman–Crippen LogP) is 3.78. The molecule has 0 bridgehead atoms. The van der Waals surface area contributed by atoms with E-state index in [2.05, 4.69) is 21.9 Å². The van der Waals surface area contributed by atoms with E-state index in [0.29, 0.717) is 11.3 Å². The number of benzene rings is 3. The second kappa shape index (κ2) is 8.54. The minimum Gasteiger partial charge on any atom is -0.322 e. The van der Waals surface area contributed by atoms with Gasteiger partial charge in [0.05, 0.1) is 4.90 Å². The first-order valence-corrected chi connectivity index (χ1v) is 11.1. The lowest BCUT2D eigenvalue weighted by Gasteiger charge is -2.08. The van der Waals surface area contributed by atoms with E-state index in [1.54, 1.807) is 12.1 Å². The Morgan fingerprint density at radius 2 is 1.50 bits per heavy atom. The molecule has 0 atom stereocenters. The topological polar surface area (TPSA) is 75.3 Å². The Morgan fingerprint density at radius 3 is 2.20 bits per heavy atom. The molecule has 0 unspecified atom stereocenters. The van der Waals surface area contributed by atoms with E-state index >= 15 is 0 Å². The molecule has 1 aliphatic carbocycles. The fourth-order valence-corrected chi connectivity index (χ4v) is 4.12. The van der Waals surface area contributed by atoms with Gasteiger partial charge in [-0.2, -0.15) is 0 Å². The second-order valence-corrected chi connectivity index (χ2v) is 8.78. The molecule has 6 heteroatoms. The summed E-state index contributed by atoms with van der Waals surface area (Å²) in [5.41, 5.74) is 2.69. The summed E-state index contributed by atoms with van der Waals surface area (Å²) in [5.74, 6) is 5.85. The first-order chi connectivity index (χ1) is 14.5. The van der Waals surface area contributed by atoms with Crippen molar-refractivity contribution in [2.45, 2.75) is 23.8 Å². The summed E-state index contributed by atoms with van der Waals surface area (Å²) in [7, 11) is -3.53. The van der Waals surface area contributed by atoms with E-state index in [4.69, 9.17) is 0 Å². The molecular formula is C24H20N2O3S. The zero-order chi connectivity index (χ0) is 21.0. The lowest BCUT2D eigenvalue weighted by Crippen LogP contribution is -2.25. The van der Waals surface area contributed by atoms with E-state index in [-0.39, 0.29) is 16.8 Å². The van der Waals surface area contributed by atoms with Crippen LogP contribution in [0, 0.1) is 11.8 Å². The first kappa shape index (κ1) is 19.9. The minimum atomic E-state index is -3.53. The predicted molar refractivity (Wildman–Crippen MR) is 117 cm³/mol. The second-order valence-electron chi connectivity index (χ2n) is 7.07. The van der Waals surface area contributed by atoms with Gasteiger partial charge >= 0.3 is 0 Å². The average molecular weight is 417 g/mol. The van der Waals surface area contributed by atoms with Crippen LogP contribution in [0.3, 0.4) is 0 Å². The highest BCUT2D eigenvalue weighted by atomic mass is 32.2. The molecule has 1 fully saturated rings. The Morgan fingerprint density at radius 1 is 0.833 bits per heavy atom. The van der Waals surface area contributed by atoms with Crippen LogP contribution in [0.15, 0.2) is 83.8 Å². The Bertz CT molecular complexity index is 1220. The summed E-state index contributed by atoms with van der Waals surface area (Å²) in [4.78, 5) is 12.7. The normalized spacial score (nSPS) is 13.2. The standard InChI is InChI=1S/C24H20N2O3S/c27-24(20-11-15-23(16-12-20)30(28,29)26-21-13-14-21)25-22-8-4-7-19(17-22)10-9-18-5-2-1-3-6-18/h1-8,11-12,15-17,21,26H,13-14H2,(H,25,27). The van der Waals surface area contributed by atoms with Crippen molar-refractivity contribution in [3.05, 3.63) is 95.6 Å². The van der Waals surface area contributed by atoms with Crippen molar-refractivity contribution in [1.29, 1.82) is 0 Å². The Kier molecular flexibility index (Phi) is 5.66. The third kappa shape index (κ3) is 5.15. The van der Waals surface area contributed by atoms with Crippen LogP contribution in [-0.4, -0.2) is 20.4 Å². The molecule has 1 saturated carbocycles. The fraction of sp³-hybridized carbons (Fsp3) is 0.125. The Labute approximate surface area is 176 Å². The molecular weight excluding hydrogens is 396 g/mol. The fourth-order valence-electron chi connectivity index (χ4n) is 2.82. The van der Waals surface area contributed by atoms with Gasteiger partial charge in [-0.15, -0.1) is 0 Å². The maximum atomic E-state index is 12.5. The number of carbonyl (C=O) groups excluding carboxylic acids is 1. The van der Waals surface area contributed by atoms with E-state index < -0.39 is 10.0 Å². The van der Waals surface area contributed by atoms with E-state index in [0.717, 1.165) is 24.0 Å². The van der Waals surface area contributed by atoms with Gasteiger partial charge in [0, 0.05) is 28.4 Å². The molecule has 3 aromatic rings. The van der Waals surface area contributed by atoms with Crippen LogP contribution >= 0.6 is 0 Å². The number of carbonyl (C=O) groups is 1. The molecule has 0 spiro atoms. The maximum Gasteiger partial charge on any atom is 0.255 e. The largest absolute Gasteiger partial charge is 0.322 e. The van der Waals surface area contributed by atoms with Gasteiger partial charge in [0.25, 0.3) is 5.91 Å². The van der Waals surface area contributed by atoms with Crippen molar-refractivity contribution in [2.75, 3.05) is 5.32 Å². The number of hydrogen-bond acceptors (Lipinski definition) is 3. The molecule has 0 aliphatic heterocycles. The summed E-state index contributed by atoms with van der Waals surface area (Å²) >= 11 is 0. The molecule has 0 aromatic heterocycles. The molecule has 0 heterocycles. The van der Waals surface area contributed by atoms with Crippen molar-refractivity contribution < 1.29 is 13.2 Å². The molecule has 3 aromatic carbocycles. The summed E-state index contributed by atoms with van der Waals surface area (Å²) in [6, 6.07) is 22.9. The van der Waals surface area contributed by atoms with Gasteiger partial charge in [-0.1, -0.05) is 36.1 Å². The smallest absolute Gasteiger partial charge is 0.255 e. The number of hydrogen-bond donors (Lipinski definition) is 2. The number of nitrogens with one attached hydrogen (secondary N) is 2. The summed E-state index contributed by atoms with van der Waals surface area (Å²) in [6.07, 6.45) is 1.74. The third-order valence-corrected chi connectivity index (χ3v) is 6.11. The highest BCUT2D eigenvalue weighted by molar-refractivity contribution is 7.89. The van der Waals surface area contributed by atoms with Gasteiger partial charge in [0.2, 0.25) is 10.0 Å². The lowest BCUT2D eigenvalue weighted by molar-refractivity contribution is 0.102. The molecule has 0 radical (unpaired) electrons. The van der Waals surface area contributed by atoms with E-state index in [9.17, 15) is 13.2 Å². The van der Waals surface area contributed by atoms with E-state index in [1.165, 1.54) is 24.3 Å². The number of anilines is 1. The molecule has 0 saturated heterocycles. The first-order valence-electron chi connectivity index (χ1n) is 9.60. The van der Waals surface area contributed by atoms with Gasteiger partial charge in [0.15, 0.2) is 0 Å². The zero-order valence-corrected chi connectivity index (χ0v) is 16.9. The summed E-state index contributed by atoms with van der Waals surface area (Å²) < 4.78 is 27.1. The van der Waals surface area contributed by atoms with Gasteiger partial charge in [-0.25, -0.2) is 13.1 Å². The zero-order valence-electron chi connectivity index (χ0n) is 16.1. The van der Waals surface area contributed by atoms with E-state index in [1.807, 2.05) is 42.5 Å². The third-order valence-electron chi connectivity index (χ3n) is 4.57. The Balaban J connectivity index is 1.44. The molecule has 4 rings (SSSR count). The highest BCUT2D eigenvalue weighted by Gasteiger charge is 2.27. The molecule has 1 amide bonds. The monoisotopic (exact) mass is 416 g/mol. The van der Waals surface area contributed by atoms with Crippen molar-refractivity contribution in [3.8, 4) is 11.8 Å². The summed E-state index contributed by atoms with van der Waals surface area (Å²) in [6.45, 7) is 0. The molecule has 2 N–H and O–H groups in total. The summed E-state index contributed by atoms with van der Waals surface area (Å²) in [5, 5.41) is 2.83. The highest BCUT2D eigenvalue weighted by Crippen LogP contribution is 2.22. The van der Waals surface area contributed by atoms with Crippen LogP contribution in [0.2, 0.25) is 0 Å². The molecule has 30 heavy (non-hydrogen) atoms. The van der Waals surface area contributed by atoms with Crippen LogP contribution in [0.5, 0.6) is 0 Å². The van der Waals surface area contributed by atoms with Crippen LogP contribution in [0.1, 0.15) is 34.3 Å². The van der Waals surface area contributed by atoms with Crippen molar-refractivity contribution in [2.24, 2.45) is 0 Å². The minimum absolute atomic E-state index is 0.0373. The SMILES string of the molecule is O=C(Nc1cccc(C#Cc2ccccc2)c1)c1ccc(S(=O)(=O)NC2CC2)cc1. The number of amides is 1. The molecule has 150 valence electrons. The Hall–Kier alpha value is -3.40. The van der Waals surface area contributed by atoms with Gasteiger partial charge < -0.3 is 5.32 Å². The van der Waals surface area contributed by atoms with Gasteiger partial charge in [-0.3, -0.25) is 4.79 Å². The quantitative estimate of drug-likeness (QED) is 0.622. The maximum absolute atomic E-state index is 12.5. The van der Waals surface area contributed by atoms with Gasteiger partial charge in [-0.05, 0) is 67.4 Å². The van der Waals surface area contributed by atoms with Crippen molar-refractivity contribution >= 4 is 21.6 Å². The van der Waals surface area contributed by atoms with Crippen molar-refractivity contribution in [3.63, 3.8) is 0 Å². The number of sulfonamides is 1. The molecule has 1 aliphatic rings. The molecule has 5 nitrogen and oxygen atoms in total. The van der Waals surface area contributed by atoms with Crippen LogP contribution in [-0.2, 0) is 10.0 Å². The number of rotatable bonds is 5. The van der Waals surface area contributed by atoms with Crippen LogP contribution < -0.4 is 10.0 Å². The van der Waals surface area contributed by atoms with Crippen LogP contribution in [0.4, 0.5) is 5.69 Å². The van der Waals surface area contributed by atoms with Crippen LogP contribution in [0.25, 0.3) is 0 Å². The van der Waals surface area contributed by atoms with Crippen molar-refractivity contribution in [1.82, 2.24) is 4.72 Å². The van der Waals surface area contributed by atoms with Gasteiger partial charge in [0.1, 0.15) is 0 Å².